The Bertz CT molecular complexity index is 877. The van der Waals surface area contributed by atoms with Crippen LogP contribution >= 0.6 is 0 Å². The molecule has 2 amide bonds. The van der Waals surface area contributed by atoms with Crippen LogP contribution in [0.4, 0.5) is 0 Å². The highest BCUT2D eigenvalue weighted by atomic mass is 16.2. The van der Waals surface area contributed by atoms with Crippen molar-refractivity contribution in [1.29, 1.82) is 0 Å². The van der Waals surface area contributed by atoms with E-state index in [9.17, 15) is 9.59 Å². The molecule has 5 nitrogen and oxygen atoms in total. The van der Waals surface area contributed by atoms with Crippen LogP contribution in [0, 0.1) is 5.92 Å². The Balaban J connectivity index is 1.63. The van der Waals surface area contributed by atoms with Crippen LogP contribution in [-0.2, 0) is 16.0 Å². The van der Waals surface area contributed by atoms with Crippen molar-refractivity contribution in [2.45, 2.75) is 51.5 Å². The number of likely N-dealkylation sites (N-methyl/N-ethyl adjacent to an activating group) is 1. The zero-order chi connectivity index (χ0) is 20.9. The molecule has 0 bridgehead atoms. The van der Waals surface area contributed by atoms with Crippen molar-refractivity contribution < 1.29 is 9.59 Å². The first-order valence-electron chi connectivity index (χ1n) is 11.3. The normalized spacial score (nSPS) is 20.4. The van der Waals surface area contributed by atoms with Crippen molar-refractivity contribution in [3.8, 4) is 11.1 Å². The Morgan fingerprint density at radius 3 is 2.50 bits per heavy atom. The molecule has 1 aromatic heterocycles. The van der Waals surface area contributed by atoms with Crippen LogP contribution in [0.5, 0.6) is 0 Å². The molecule has 1 aromatic carbocycles. The van der Waals surface area contributed by atoms with Gasteiger partial charge in [0.15, 0.2) is 0 Å². The van der Waals surface area contributed by atoms with E-state index in [0.717, 1.165) is 42.4 Å². The van der Waals surface area contributed by atoms with Crippen LogP contribution in [0.15, 0.2) is 48.8 Å². The van der Waals surface area contributed by atoms with E-state index in [1.54, 1.807) is 12.4 Å². The van der Waals surface area contributed by atoms with Gasteiger partial charge in [-0.2, -0.15) is 0 Å². The zero-order valence-corrected chi connectivity index (χ0v) is 17.8. The van der Waals surface area contributed by atoms with E-state index >= 15 is 0 Å². The molecular weight excluding hydrogens is 374 g/mol. The van der Waals surface area contributed by atoms with Crippen LogP contribution in [-0.4, -0.2) is 52.3 Å². The summed E-state index contributed by atoms with van der Waals surface area (Å²) >= 11 is 0. The lowest BCUT2D eigenvalue weighted by Crippen LogP contribution is -2.60. The SMILES string of the molecule is CCN1CCN(C(=O)C2CCCCC2)[C@H](Cc2ccccc2-c2ccncc2)C1=O. The summed E-state index contributed by atoms with van der Waals surface area (Å²) in [6, 6.07) is 11.8. The van der Waals surface area contributed by atoms with E-state index in [-0.39, 0.29) is 17.7 Å². The Kier molecular flexibility index (Phi) is 6.46. The molecule has 1 atom stereocenters. The predicted octanol–water partition coefficient (Wildman–Crippen LogP) is 3.93. The van der Waals surface area contributed by atoms with Gasteiger partial charge in [-0.3, -0.25) is 14.6 Å². The second kappa shape index (κ2) is 9.41. The first kappa shape index (κ1) is 20.6. The number of hydrogen-bond donors (Lipinski definition) is 0. The number of amides is 2. The van der Waals surface area contributed by atoms with Gasteiger partial charge in [-0.15, -0.1) is 0 Å². The second-order valence-corrected chi connectivity index (χ2v) is 8.40. The maximum atomic E-state index is 13.4. The summed E-state index contributed by atoms with van der Waals surface area (Å²) in [5.41, 5.74) is 3.29. The molecule has 1 aliphatic heterocycles. The summed E-state index contributed by atoms with van der Waals surface area (Å²) in [4.78, 5) is 34.6. The van der Waals surface area contributed by atoms with Crippen molar-refractivity contribution in [2.24, 2.45) is 5.92 Å². The molecule has 2 heterocycles. The number of rotatable bonds is 5. The van der Waals surface area contributed by atoms with Gasteiger partial charge in [0, 0.05) is 44.4 Å². The molecule has 0 unspecified atom stereocenters. The first-order chi connectivity index (χ1) is 14.7. The number of aromatic nitrogens is 1. The third-order valence-electron chi connectivity index (χ3n) is 6.62. The molecule has 1 saturated carbocycles. The van der Waals surface area contributed by atoms with E-state index < -0.39 is 6.04 Å². The van der Waals surface area contributed by atoms with E-state index in [0.29, 0.717) is 26.1 Å². The van der Waals surface area contributed by atoms with Gasteiger partial charge in [-0.05, 0) is 48.6 Å². The Labute approximate surface area is 179 Å². The second-order valence-electron chi connectivity index (χ2n) is 8.40. The topological polar surface area (TPSA) is 53.5 Å². The van der Waals surface area contributed by atoms with Crippen LogP contribution in [0.1, 0.15) is 44.6 Å². The largest absolute Gasteiger partial charge is 0.339 e. The smallest absolute Gasteiger partial charge is 0.245 e. The number of hydrogen-bond acceptors (Lipinski definition) is 3. The lowest BCUT2D eigenvalue weighted by Gasteiger charge is -2.42. The Morgan fingerprint density at radius 1 is 1.03 bits per heavy atom. The minimum Gasteiger partial charge on any atom is -0.339 e. The Hall–Kier alpha value is -2.69. The number of carbonyl (C=O) groups is 2. The average molecular weight is 406 g/mol. The van der Waals surface area contributed by atoms with Gasteiger partial charge in [-0.1, -0.05) is 43.5 Å². The van der Waals surface area contributed by atoms with Gasteiger partial charge in [0.1, 0.15) is 6.04 Å². The maximum absolute atomic E-state index is 13.4. The summed E-state index contributed by atoms with van der Waals surface area (Å²) in [5, 5.41) is 0. The molecule has 4 rings (SSSR count). The highest BCUT2D eigenvalue weighted by Crippen LogP contribution is 2.30. The van der Waals surface area contributed by atoms with Gasteiger partial charge >= 0.3 is 0 Å². The van der Waals surface area contributed by atoms with E-state index in [4.69, 9.17) is 0 Å². The fraction of sp³-hybridized carbons (Fsp3) is 0.480. The number of pyridine rings is 1. The predicted molar refractivity (Wildman–Crippen MR) is 118 cm³/mol. The quantitative estimate of drug-likeness (QED) is 0.757. The van der Waals surface area contributed by atoms with E-state index in [1.807, 2.05) is 41.0 Å². The summed E-state index contributed by atoms with van der Waals surface area (Å²) < 4.78 is 0. The molecular formula is C25H31N3O2. The minimum absolute atomic E-state index is 0.0810. The van der Waals surface area contributed by atoms with Gasteiger partial charge < -0.3 is 9.80 Å². The highest BCUT2D eigenvalue weighted by molar-refractivity contribution is 5.90. The number of piperazine rings is 1. The van der Waals surface area contributed by atoms with Crippen molar-refractivity contribution in [2.75, 3.05) is 19.6 Å². The van der Waals surface area contributed by atoms with Crippen LogP contribution in [0.25, 0.3) is 11.1 Å². The zero-order valence-electron chi connectivity index (χ0n) is 17.8. The van der Waals surface area contributed by atoms with Gasteiger partial charge in [-0.25, -0.2) is 0 Å². The molecule has 5 heteroatoms. The van der Waals surface area contributed by atoms with E-state index in [1.165, 1.54) is 6.42 Å². The minimum atomic E-state index is -0.420. The van der Waals surface area contributed by atoms with E-state index in [2.05, 4.69) is 17.1 Å². The van der Waals surface area contributed by atoms with Crippen molar-refractivity contribution in [3.05, 3.63) is 54.4 Å². The first-order valence-corrected chi connectivity index (χ1v) is 11.3. The van der Waals surface area contributed by atoms with Crippen LogP contribution < -0.4 is 0 Å². The highest BCUT2D eigenvalue weighted by Gasteiger charge is 2.39. The summed E-state index contributed by atoms with van der Waals surface area (Å²) in [7, 11) is 0. The molecule has 1 saturated heterocycles. The average Bonchev–Trinajstić information content (AvgIpc) is 2.81. The van der Waals surface area contributed by atoms with Crippen molar-refractivity contribution in [3.63, 3.8) is 0 Å². The van der Waals surface area contributed by atoms with Gasteiger partial charge in [0.2, 0.25) is 11.8 Å². The van der Waals surface area contributed by atoms with Crippen LogP contribution in [0.2, 0.25) is 0 Å². The van der Waals surface area contributed by atoms with Crippen molar-refractivity contribution in [1.82, 2.24) is 14.8 Å². The summed E-state index contributed by atoms with van der Waals surface area (Å²) in [5.74, 6) is 0.348. The van der Waals surface area contributed by atoms with Crippen molar-refractivity contribution >= 4 is 11.8 Å². The lowest BCUT2D eigenvalue weighted by molar-refractivity contribution is -0.154. The molecule has 2 aromatic rings. The fourth-order valence-corrected chi connectivity index (χ4v) is 4.92. The molecule has 1 aliphatic carbocycles. The van der Waals surface area contributed by atoms with Gasteiger partial charge in [0.05, 0.1) is 0 Å². The van der Waals surface area contributed by atoms with Crippen LogP contribution in [0.3, 0.4) is 0 Å². The third-order valence-corrected chi connectivity index (χ3v) is 6.62. The molecule has 30 heavy (non-hydrogen) atoms. The molecule has 158 valence electrons. The monoisotopic (exact) mass is 405 g/mol. The fourth-order valence-electron chi connectivity index (χ4n) is 4.92. The molecule has 0 N–H and O–H groups in total. The third kappa shape index (κ3) is 4.25. The maximum Gasteiger partial charge on any atom is 0.245 e. The molecule has 0 radical (unpaired) electrons. The van der Waals surface area contributed by atoms with Gasteiger partial charge in [0.25, 0.3) is 0 Å². The standard InChI is InChI=1S/C25H31N3O2/c1-2-27-16-17-28(24(29)20-8-4-3-5-9-20)23(25(27)30)18-21-10-6-7-11-22(21)19-12-14-26-15-13-19/h6-7,10-15,20,23H,2-5,8-9,16-18H2,1H3/t23-/m1/s1. The lowest BCUT2D eigenvalue weighted by atomic mass is 9.87. The molecule has 0 spiro atoms. The number of carbonyl (C=O) groups excluding carboxylic acids is 2. The molecule has 2 fully saturated rings. The molecule has 2 aliphatic rings. The number of benzene rings is 1. The number of nitrogens with zero attached hydrogens (tertiary/aromatic N) is 3. The Morgan fingerprint density at radius 2 is 1.77 bits per heavy atom. The summed E-state index contributed by atoms with van der Waals surface area (Å²) in [6.07, 6.45) is 9.50. The summed E-state index contributed by atoms with van der Waals surface area (Å²) in [6.45, 7) is 3.97.